The third kappa shape index (κ3) is 4.38. The Bertz CT molecular complexity index is 641. The van der Waals surface area contributed by atoms with E-state index in [1.807, 2.05) is 41.8 Å². The van der Waals surface area contributed by atoms with E-state index in [0.29, 0.717) is 26.3 Å². The lowest BCUT2D eigenvalue weighted by Gasteiger charge is -2.32. The molecule has 0 unspecified atom stereocenters. The van der Waals surface area contributed by atoms with Crippen molar-refractivity contribution in [2.45, 2.75) is 32.7 Å². The second-order valence-corrected chi connectivity index (χ2v) is 6.93. The number of aryl methyl sites for hydroxylation is 2. The molecule has 1 N–H and O–H groups in total. The van der Waals surface area contributed by atoms with Gasteiger partial charge in [0.2, 0.25) is 11.8 Å². The fraction of sp³-hybridized carbons (Fsp3) is 0.579. The van der Waals surface area contributed by atoms with Crippen LogP contribution in [0.5, 0.6) is 0 Å². The summed E-state index contributed by atoms with van der Waals surface area (Å²) in [4.78, 5) is 29.1. The Kier molecular flexibility index (Phi) is 5.71. The maximum Gasteiger partial charge on any atom is 0.240 e. The number of likely N-dealkylation sites (tertiary alicyclic amines) is 1. The van der Waals surface area contributed by atoms with Crippen LogP contribution in [0.1, 0.15) is 24.0 Å². The van der Waals surface area contributed by atoms with E-state index in [-0.39, 0.29) is 24.4 Å². The summed E-state index contributed by atoms with van der Waals surface area (Å²) in [5.74, 6) is 0.0794. The van der Waals surface area contributed by atoms with Gasteiger partial charge in [-0.25, -0.2) is 0 Å². The number of morpholine rings is 1. The number of ether oxygens (including phenoxy) is 1. The second-order valence-electron chi connectivity index (χ2n) is 6.93. The molecule has 6 heteroatoms. The second kappa shape index (κ2) is 7.97. The van der Waals surface area contributed by atoms with Crippen LogP contribution in [0.25, 0.3) is 0 Å². The van der Waals surface area contributed by atoms with Gasteiger partial charge in [0.25, 0.3) is 0 Å². The number of carbonyl (C=O) groups excluding carboxylic acids is 2. The summed E-state index contributed by atoms with van der Waals surface area (Å²) in [5.41, 5.74) is 3.00. The van der Waals surface area contributed by atoms with Crippen LogP contribution in [0.2, 0.25) is 0 Å². The zero-order chi connectivity index (χ0) is 17.8. The van der Waals surface area contributed by atoms with Gasteiger partial charge in [0, 0.05) is 18.8 Å². The van der Waals surface area contributed by atoms with Gasteiger partial charge < -0.3 is 15.0 Å². The van der Waals surface area contributed by atoms with Crippen LogP contribution in [-0.4, -0.2) is 67.0 Å². The Labute approximate surface area is 149 Å². The number of nitrogens with one attached hydrogen (secondary N) is 1. The average Bonchev–Trinajstić information content (AvgIpc) is 3.06. The van der Waals surface area contributed by atoms with Crippen molar-refractivity contribution in [3.8, 4) is 0 Å². The van der Waals surface area contributed by atoms with Crippen LogP contribution in [-0.2, 0) is 14.3 Å². The summed E-state index contributed by atoms with van der Waals surface area (Å²) in [6, 6.07) is 5.84. The molecule has 1 aromatic rings. The van der Waals surface area contributed by atoms with Crippen molar-refractivity contribution in [3.63, 3.8) is 0 Å². The first-order valence-corrected chi connectivity index (χ1v) is 9.02. The predicted octanol–water partition coefficient (Wildman–Crippen LogP) is 1.57. The maximum atomic E-state index is 12.7. The smallest absolute Gasteiger partial charge is 0.240 e. The molecule has 2 heterocycles. The van der Waals surface area contributed by atoms with E-state index in [1.165, 1.54) is 0 Å². The van der Waals surface area contributed by atoms with Crippen molar-refractivity contribution < 1.29 is 14.3 Å². The van der Waals surface area contributed by atoms with Gasteiger partial charge in [-0.15, -0.1) is 0 Å². The zero-order valence-electron chi connectivity index (χ0n) is 15.1. The van der Waals surface area contributed by atoms with Gasteiger partial charge in [-0.1, -0.05) is 12.1 Å². The largest absolute Gasteiger partial charge is 0.378 e. The maximum absolute atomic E-state index is 12.7. The molecule has 2 aliphatic heterocycles. The highest BCUT2D eigenvalue weighted by atomic mass is 16.5. The SMILES string of the molecule is Cc1ccc(C)c(NC(=O)CN2CCC[C@H]2C(=O)N2CCOCC2)c1. The molecule has 2 saturated heterocycles. The Morgan fingerprint density at radius 3 is 2.72 bits per heavy atom. The first kappa shape index (κ1) is 17.9. The summed E-state index contributed by atoms with van der Waals surface area (Å²) < 4.78 is 5.32. The molecule has 25 heavy (non-hydrogen) atoms. The lowest BCUT2D eigenvalue weighted by atomic mass is 10.1. The molecule has 2 fully saturated rings. The fourth-order valence-electron chi connectivity index (χ4n) is 3.53. The van der Waals surface area contributed by atoms with Gasteiger partial charge in [-0.05, 0) is 50.4 Å². The van der Waals surface area contributed by atoms with E-state index >= 15 is 0 Å². The Balaban J connectivity index is 1.59. The van der Waals surface area contributed by atoms with Crippen molar-refractivity contribution in [3.05, 3.63) is 29.3 Å². The molecule has 1 atom stereocenters. The molecule has 0 radical (unpaired) electrons. The highest BCUT2D eigenvalue weighted by molar-refractivity contribution is 5.93. The number of benzene rings is 1. The van der Waals surface area contributed by atoms with E-state index in [1.54, 1.807) is 0 Å². The summed E-state index contributed by atoms with van der Waals surface area (Å²) >= 11 is 0. The summed E-state index contributed by atoms with van der Waals surface area (Å²) in [7, 11) is 0. The monoisotopic (exact) mass is 345 g/mol. The van der Waals surface area contributed by atoms with Gasteiger partial charge in [0.15, 0.2) is 0 Å². The Hall–Kier alpha value is -1.92. The average molecular weight is 345 g/mol. The molecule has 0 saturated carbocycles. The van der Waals surface area contributed by atoms with Crippen molar-refractivity contribution >= 4 is 17.5 Å². The van der Waals surface area contributed by atoms with Crippen molar-refractivity contribution in [2.75, 3.05) is 44.7 Å². The first-order valence-electron chi connectivity index (χ1n) is 9.02. The fourth-order valence-corrected chi connectivity index (χ4v) is 3.53. The van der Waals surface area contributed by atoms with Crippen LogP contribution in [0.3, 0.4) is 0 Å². The van der Waals surface area contributed by atoms with Crippen molar-refractivity contribution in [2.24, 2.45) is 0 Å². The Morgan fingerprint density at radius 1 is 1.20 bits per heavy atom. The molecule has 0 aliphatic carbocycles. The van der Waals surface area contributed by atoms with Crippen LogP contribution >= 0.6 is 0 Å². The first-order chi connectivity index (χ1) is 12.0. The van der Waals surface area contributed by atoms with E-state index in [4.69, 9.17) is 4.74 Å². The van der Waals surface area contributed by atoms with Crippen molar-refractivity contribution in [1.82, 2.24) is 9.80 Å². The summed E-state index contributed by atoms with van der Waals surface area (Å²) in [6.07, 6.45) is 1.78. The quantitative estimate of drug-likeness (QED) is 0.900. The van der Waals surface area contributed by atoms with E-state index < -0.39 is 0 Å². The van der Waals surface area contributed by atoms with Gasteiger partial charge in [0.05, 0.1) is 25.8 Å². The van der Waals surface area contributed by atoms with Crippen molar-refractivity contribution in [1.29, 1.82) is 0 Å². The molecule has 1 aromatic carbocycles. The minimum Gasteiger partial charge on any atom is -0.378 e. The zero-order valence-corrected chi connectivity index (χ0v) is 15.1. The molecule has 0 aromatic heterocycles. The number of amides is 2. The molecule has 3 rings (SSSR count). The summed E-state index contributed by atoms with van der Waals surface area (Å²) in [5, 5.41) is 2.99. The lowest BCUT2D eigenvalue weighted by Crippen LogP contribution is -2.50. The molecular formula is C19H27N3O3. The molecule has 0 bridgehead atoms. The standard InChI is InChI=1S/C19H27N3O3/c1-14-5-6-15(2)16(12-14)20-18(23)13-22-7-3-4-17(22)19(24)21-8-10-25-11-9-21/h5-6,12,17H,3-4,7-11,13H2,1-2H3,(H,20,23)/t17-/m0/s1. The highest BCUT2D eigenvalue weighted by Crippen LogP contribution is 2.21. The predicted molar refractivity (Wildman–Crippen MR) is 96.5 cm³/mol. The molecule has 0 spiro atoms. The third-order valence-electron chi connectivity index (χ3n) is 4.99. The topological polar surface area (TPSA) is 61.9 Å². The minimum absolute atomic E-state index is 0.0598. The van der Waals surface area contributed by atoms with E-state index in [0.717, 1.165) is 36.2 Å². The minimum atomic E-state index is -0.178. The van der Waals surface area contributed by atoms with E-state index in [2.05, 4.69) is 5.32 Å². The van der Waals surface area contributed by atoms with Gasteiger partial charge in [0.1, 0.15) is 0 Å². The molecule has 6 nitrogen and oxygen atoms in total. The molecular weight excluding hydrogens is 318 g/mol. The third-order valence-corrected chi connectivity index (χ3v) is 4.99. The van der Waals surface area contributed by atoms with Crippen LogP contribution in [0, 0.1) is 13.8 Å². The Morgan fingerprint density at radius 2 is 1.96 bits per heavy atom. The van der Waals surface area contributed by atoms with Crippen LogP contribution < -0.4 is 5.32 Å². The number of hydrogen-bond donors (Lipinski definition) is 1. The van der Waals surface area contributed by atoms with Crippen LogP contribution in [0.15, 0.2) is 18.2 Å². The van der Waals surface area contributed by atoms with Gasteiger partial charge >= 0.3 is 0 Å². The number of hydrogen-bond acceptors (Lipinski definition) is 4. The lowest BCUT2D eigenvalue weighted by molar-refractivity contribution is -0.140. The van der Waals surface area contributed by atoms with Crippen LogP contribution in [0.4, 0.5) is 5.69 Å². The number of nitrogens with zero attached hydrogens (tertiary/aromatic N) is 2. The number of anilines is 1. The molecule has 2 amide bonds. The van der Waals surface area contributed by atoms with E-state index in [9.17, 15) is 9.59 Å². The van der Waals surface area contributed by atoms with Gasteiger partial charge in [-0.2, -0.15) is 0 Å². The molecule has 2 aliphatic rings. The number of carbonyl (C=O) groups is 2. The summed E-state index contributed by atoms with van der Waals surface area (Å²) in [6.45, 7) is 7.55. The molecule has 136 valence electrons. The number of rotatable bonds is 4. The highest BCUT2D eigenvalue weighted by Gasteiger charge is 2.35. The normalized spacial score (nSPS) is 21.4. The van der Waals surface area contributed by atoms with Gasteiger partial charge in [-0.3, -0.25) is 14.5 Å².